The lowest BCUT2D eigenvalue weighted by atomic mass is 10.0. The molecule has 4 heteroatoms. The van der Waals surface area contributed by atoms with E-state index in [4.69, 9.17) is 14.6 Å². The van der Waals surface area contributed by atoms with E-state index in [0.717, 1.165) is 16.3 Å². The van der Waals surface area contributed by atoms with E-state index in [1.165, 1.54) is 0 Å². The van der Waals surface area contributed by atoms with Crippen LogP contribution >= 0.6 is 0 Å². The normalized spacial score (nSPS) is 12.3. The average Bonchev–Trinajstić information content (AvgIpc) is 2.43. The lowest BCUT2D eigenvalue weighted by Gasteiger charge is -2.15. The summed E-state index contributed by atoms with van der Waals surface area (Å²) in [6.07, 6.45) is -0.0292. The second-order valence-corrected chi connectivity index (χ2v) is 4.26. The number of fused-ring (bicyclic) bond motifs is 1. The minimum atomic E-state index is -0.988. The molecule has 0 bridgehead atoms. The third-order valence-electron chi connectivity index (χ3n) is 3.06. The fraction of sp³-hybridized carbons (Fsp3) is 0.267. The summed E-state index contributed by atoms with van der Waals surface area (Å²) in [4.78, 5) is 10.6. The van der Waals surface area contributed by atoms with E-state index in [1.54, 1.807) is 13.2 Å². The van der Waals surface area contributed by atoms with Crippen LogP contribution in [0.3, 0.4) is 0 Å². The molecule has 19 heavy (non-hydrogen) atoms. The minimum Gasteiger partial charge on any atom is -0.481 e. The number of hydrogen-bond acceptors (Lipinski definition) is 3. The fourth-order valence-corrected chi connectivity index (χ4v) is 2.04. The van der Waals surface area contributed by atoms with Crippen LogP contribution in [0, 0.1) is 0 Å². The van der Waals surface area contributed by atoms with Crippen molar-refractivity contribution in [2.75, 3.05) is 13.7 Å². The standard InChI is InChI=1S/C15H16O4/c1-10(18-2)11-7-8-14(19-9-15(16)17)13-6-4-3-5-12(11)13/h3-8,10H,9H2,1-2H3,(H,16,17). The average molecular weight is 260 g/mol. The predicted octanol–water partition coefficient (Wildman–Crippen LogP) is 3.01. The van der Waals surface area contributed by atoms with Crippen molar-refractivity contribution in [3.8, 4) is 5.75 Å². The molecule has 2 aromatic rings. The SMILES string of the molecule is COC(C)c1ccc(OCC(=O)O)c2ccccc12. The summed E-state index contributed by atoms with van der Waals surface area (Å²) < 4.78 is 10.7. The molecule has 0 radical (unpaired) electrons. The minimum absolute atomic E-state index is 0.0292. The molecule has 0 amide bonds. The second kappa shape index (κ2) is 5.71. The molecular formula is C15H16O4. The number of carboxylic acid groups (broad SMARTS) is 1. The Morgan fingerprint density at radius 3 is 2.53 bits per heavy atom. The van der Waals surface area contributed by atoms with Gasteiger partial charge in [0, 0.05) is 12.5 Å². The fourth-order valence-electron chi connectivity index (χ4n) is 2.04. The predicted molar refractivity (Wildman–Crippen MR) is 72.5 cm³/mol. The molecule has 0 aliphatic carbocycles. The first-order valence-electron chi connectivity index (χ1n) is 6.02. The van der Waals surface area contributed by atoms with Gasteiger partial charge in [0.15, 0.2) is 6.61 Å². The van der Waals surface area contributed by atoms with Gasteiger partial charge in [-0.1, -0.05) is 30.3 Å². The lowest BCUT2D eigenvalue weighted by Crippen LogP contribution is -2.10. The zero-order valence-corrected chi connectivity index (χ0v) is 10.9. The molecule has 0 saturated heterocycles. The third kappa shape index (κ3) is 2.85. The first-order chi connectivity index (χ1) is 9.13. The van der Waals surface area contributed by atoms with Gasteiger partial charge in [-0.05, 0) is 23.9 Å². The maximum absolute atomic E-state index is 10.6. The summed E-state index contributed by atoms with van der Waals surface area (Å²) in [5.74, 6) is -0.413. The quantitative estimate of drug-likeness (QED) is 0.897. The molecule has 0 aliphatic heterocycles. The molecule has 4 nitrogen and oxygen atoms in total. The van der Waals surface area contributed by atoms with Gasteiger partial charge in [0.1, 0.15) is 5.75 Å². The number of aliphatic carboxylic acids is 1. The highest BCUT2D eigenvalue weighted by molar-refractivity contribution is 5.91. The van der Waals surface area contributed by atoms with Gasteiger partial charge in [-0.2, -0.15) is 0 Å². The summed E-state index contributed by atoms with van der Waals surface area (Å²) in [5, 5.41) is 10.6. The van der Waals surface area contributed by atoms with Gasteiger partial charge in [0.2, 0.25) is 0 Å². The highest BCUT2D eigenvalue weighted by Crippen LogP contribution is 2.32. The number of ether oxygens (including phenoxy) is 2. The van der Waals surface area contributed by atoms with Crippen molar-refractivity contribution in [3.63, 3.8) is 0 Å². The molecule has 1 N–H and O–H groups in total. The Balaban J connectivity index is 2.48. The van der Waals surface area contributed by atoms with Crippen LogP contribution in [-0.4, -0.2) is 24.8 Å². The van der Waals surface area contributed by atoms with Crippen molar-refractivity contribution in [3.05, 3.63) is 42.0 Å². The molecule has 0 fully saturated rings. The van der Waals surface area contributed by atoms with Gasteiger partial charge >= 0.3 is 5.97 Å². The van der Waals surface area contributed by atoms with Gasteiger partial charge in [-0.25, -0.2) is 4.79 Å². The zero-order valence-electron chi connectivity index (χ0n) is 10.9. The van der Waals surface area contributed by atoms with Crippen LogP contribution in [0.15, 0.2) is 36.4 Å². The summed E-state index contributed by atoms with van der Waals surface area (Å²) in [6, 6.07) is 11.4. The van der Waals surface area contributed by atoms with Crippen LogP contribution < -0.4 is 4.74 Å². The molecule has 0 spiro atoms. The van der Waals surface area contributed by atoms with E-state index < -0.39 is 5.97 Å². The highest BCUT2D eigenvalue weighted by atomic mass is 16.5. The van der Waals surface area contributed by atoms with Gasteiger partial charge in [0.05, 0.1) is 6.10 Å². The van der Waals surface area contributed by atoms with Crippen molar-refractivity contribution in [1.82, 2.24) is 0 Å². The van der Waals surface area contributed by atoms with E-state index in [2.05, 4.69) is 0 Å². The zero-order chi connectivity index (χ0) is 13.8. The first-order valence-corrected chi connectivity index (χ1v) is 6.02. The van der Waals surface area contributed by atoms with Gasteiger partial charge in [0.25, 0.3) is 0 Å². The Labute approximate surface area is 111 Å². The van der Waals surface area contributed by atoms with Crippen LogP contribution in [0.25, 0.3) is 10.8 Å². The highest BCUT2D eigenvalue weighted by Gasteiger charge is 2.12. The van der Waals surface area contributed by atoms with Gasteiger partial charge < -0.3 is 14.6 Å². The Morgan fingerprint density at radius 2 is 1.89 bits per heavy atom. The van der Waals surface area contributed by atoms with Crippen LogP contribution in [-0.2, 0) is 9.53 Å². The number of benzene rings is 2. The largest absolute Gasteiger partial charge is 0.481 e. The van der Waals surface area contributed by atoms with E-state index >= 15 is 0 Å². The topological polar surface area (TPSA) is 55.8 Å². The van der Waals surface area contributed by atoms with E-state index in [9.17, 15) is 4.79 Å². The second-order valence-electron chi connectivity index (χ2n) is 4.26. The molecule has 0 heterocycles. The summed E-state index contributed by atoms with van der Waals surface area (Å²) >= 11 is 0. The number of rotatable bonds is 5. The van der Waals surface area contributed by atoms with E-state index in [1.807, 2.05) is 37.3 Å². The monoisotopic (exact) mass is 260 g/mol. The van der Waals surface area contributed by atoms with Crippen LogP contribution in [0.5, 0.6) is 5.75 Å². The van der Waals surface area contributed by atoms with Crippen LogP contribution in [0.1, 0.15) is 18.6 Å². The summed E-state index contributed by atoms with van der Waals surface area (Å²) in [7, 11) is 1.66. The van der Waals surface area contributed by atoms with Crippen molar-refractivity contribution in [1.29, 1.82) is 0 Å². The lowest BCUT2D eigenvalue weighted by molar-refractivity contribution is -0.139. The molecular weight excluding hydrogens is 244 g/mol. The molecule has 0 saturated carbocycles. The molecule has 2 rings (SSSR count). The van der Waals surface area contributed by atoms with E-state index in [0.29, 0.717) is 5.75 Å². The van der Waals surface area contributed by atoms with Crippen molar-refractivity contribution in [2.45, 2.75) is 13.0 Å². The van der Waals surface area contributed by atoms with Crippen molar-refractivity contribution in [2.24, 2.45) is 0 Å². The van der Waals surface area contributed by atoms with Crippen molar-refractivity contribution < 1.29 is 19.4 Å². The molecule has 100 valence electrons. The maximum atomic E-state index is 10.6. The number of methoxy groups -OCH3 is 1. The van der Waals surface area contributed by atoms with Gasteiger partial charge in [-0.3, -0.25) is 0 Å². The molecule has 0 aliphatic rings. The summed E-state index contributed by atoms with van der Waals surface area (Å²) in [5.41, 5.74) is 1.06. The molecule has 0 aromatic heterocycles. The number of carboxylic acids is 1. The molecule has 1 atom stereocenters. The number of carbonyl (C=O) groups is 1. The van der Waals surface area contributed by atoms with Gasteiger partial charge in [-0.15, -0.1) is 0 Å². The molecule has 1 unspecified atom stereocenters. The smallest absolute Gasteiger partial charge is 0.341 e. The summed E-state index contributed by atoms with van der Waals surface area (Å²) in [6.45, 7) is 1.63. The van der Waals surface area contributed by atoms with E-state index in [-0.39, 0.29) is 12.7 Å². The third-order valence-corrected chi connectivity index (χ3v) is 3.06. The Hall–Kier alpha value is -2.07. The molecule has 2 aromatic carbocycles. The Kier molecular flexibility index (Phi) is 4.02. The van der Waals surface area contributed by atoms with Crippen LogP contribution in [0.2, 0.25) is 0 Å². The number of hydrogen-bond donors (Lipinski definition) is 1. The van der Waals surface area contributed by atoms with Crippen molar-refractivity contribution >= 4 is 16.7 Å². The Bertz CT molecular complexity index is 592. The first kappa shape index (κ1) is 13.4. The Morgan fingerprint density at radius 1 is 1.21 bits per heavy atom. The maximum Gasteiger partial charge on any atom is 0.341 e. The van der Waals surface area contributed by atoms with Crippen LogP contribution in [0.4, 0.5) is 0 Å².